The molecule has 2 heteroatoms. The predicted octanol–water partition coefficient (Wildman–Crippen LogP) is 4.76. The van der Waals surface area contributed by atoms with Crippen LogP contribution in [0.5, 0.6) is 0 Å². The molecular formula is C14H14ClF. The van der Waals surface area contributed by atoms with Gasteiger partial charge in [0.1, 0.15) is 5.03 Å². The third-order valence-electron chi connectivity index (χ3n) is 2.07. The van der Waals surface area contributed by atoms with Crippen LogP contribution in [0.2, 0.25) is 0 Å². The van der Waals surface area contributed by atoms with Crippen LogP contribution < -0.4 is 0 Å². The van der Waals surface area contributed by atoms with E-state index in [1.165, 1.54) is 0 Å². The van der Waals surface area contributed by atoms with E-state index in [2.05, 4.69) is 18.8 Å². The molecule has 0 aliphatic heterocycles. The quantitative estimate of drug-likeness (QED) is 0.525. The second kappa shape index (κ2) is 7.09. The summed E-state index contributed by atoms with van der Waals surface area (Å²) in [7, 11) is 0. The van der Waals surface area contributed by atoms with Crippen LogP contribution in [0.25, 0.3) is 5.83 Å². The molecule has 1 aromatic rings. The number of hydrogen-bond acceptors (Lipinski definition) is 0. The largest absolute Gasteiger partial charge is 0.204 e. The summed E-state index contributed by atoms with van der Waals surface area (Å²) in [6.45, 7) is 2.09. The Morgan fingerprint density at radius 2 is 2.00 bits per heavy atom. The van der Waals surface area contributed by atoms with Crippen molar-refractivity contribution >= 4 is 17.4 Å². The highest BCUT2D eigenvalue weighted by Gasteiger charge is 2.03. The summed E-state index contributed by atoms with van der Waals surface area (Å²) in [5.41, 5.74) is 0.470. The molecule has 0 saturated heterocycles. The lowest BCUT2D eigenvalue weighted by atomic mass is 10.2. The van der Waals surface area contributed by atoms with Gasteiger partial charge >= 0.3 is 0 Å². The Labute approximate surface area is 101 Å². The van der Waals surface area contributed by atoms with Gasteiger partial charge in [-0.2, -0.15) is 0 Å². The molecule has 0 amide bonds. The third-order valence-corrected chi connectivity index (χ3v) is 2.33. The fourth-order valence-corrected chi connectivity index (χ4v) is 1.35. The maximum atomic E-state index is 13.7. The van der Waals surface area contributed by atoms with E-state index in [9.17, 15) is 4.39 Å². The van der Waals surface area contributed by atoms with Gasteiger partial charge in [0.25, 0.3) is 0 Å². The van der Waals surface area contributed by atoms with E-state index in [1.54, 1.807) is 24.3 Å². The van der Waals surface area contributed by atoms with Gasteiger partial charge in [0.05, 0.1) is 0 Å². The summed E-state index contributed by atoms with van der Waals surface area (Å²) in [5.74, 6) is 5.04. The standard InChI is InChI=1S/C14H14ClF/c1-2-3-4-8-11-13(15)14(16)12-9-6-5-7-10-12/h5-7,9-10H,2-4H2,1H3/b14-13+. The van der Waals surface area contributed by atoms with Crippen LogP contribution in [0, 0.1) is 11.8 Å². The van der Waals surface area contributed by atoms with E-state index in [4.69, 9.17) is 11.6 Å². The Kier molecular flexibility index (Phi) is 5.67. The van der Waals surface area contributed by atoms with E-state index in [0.717, 1.165) is 19.3 Å². The molecule has 0 fully saturated rings. The molecule has 1 aromatic carbocycles. The van der Waals surface area contributed by atoms with Crippen LogP contribution in [0.3, 0.4) is 0 Å². The van der Waals surface area contributed by atoms with Crippen LogP contribution >= 0.6 is 11.6 Å². The van der Waals surface area contributed by atoms with E-state index < -0.39 is 5.83 Å². The van der Waals surface area contributed by atoms with Gasteiger partial charge in [-0.1, -0.05) is 67.1 Å². The van der Waals surface area contributed by atoms with Crippen molar-refractivity contribution in [3.05, 3.63) is 40.9 Å². The minimum atomic E-state index is -0.453. The topological polar surface area (TPSA) is 0 Å². The number of benzene rings is 1. The Morgan fingerprint density at radius 1 is 1.31 bits per heavy atom. The molecule has 0 aliphatic carbocycles. The van der Waals surface area contributed by atoms with Crippen LogP contribution in [-0.2, 0) is 0 Å². The lowest BCUT2D eigenvalue weighted by Gasteiger charge is -1.96. The van der Waals surface area contributed by atoms with Crippen molar-refractivity contribution in [1.82, 2.24) is 0 Å². The second-order valence-corrected chi connectivity index (χ2v) is 3.78. The van der Waals surface area contributed by atoms with Gasteiger partial charge in [0.2, 0.25) is 0 Å². The average Bonchev–Trinajstić information content (AvgIpc) is 2.34. The first kappa shape index (κ1) is 12.8. The Morgan fingerprint density at radius 3 is 2.62 bits per heavy atom. The predicted molar refractivity (Wildman–Crippen MR) is 67.6 cm³/mol. The molecule has 0 nitrogen and oxygen atoms in total. The number of hydrogen-bond donors (Lipinski definition) is 0. The molecule has 0 bridgehead atoms. The maximum absolute atomic E-state index is 13.7. The summed E-state index contributed by atoms with van der Waals surface area (Å²) in [6, 6.07) is 8.71. The van der Waals surface area contributed by atoms with E-state index in [0.29, 0.717) is 5.56 Å². The number of halogens is 2. The van der Waals surface area contributed by atoms with Crippen molar-refractivity contribution in [2.24, 2.45) is 0 Å². The minimum Gasteiger partial charge on any atom is -0.204 e. The van der Waals surface area contributed by atoms with Crippen LogP contribution in [-0.4, -0.2) is 0 Å². The van der Waals surface area contributed by atoms with Gasteiger partial charge in [-0.05, 0) is 6.42 Å². The summed E-state index contributed by atoms with van der Waals surface area (Å²) < 4.78 is 13.7. The fraction of sp³-hybridized carbons (Fsp3) is 0.286. The van der Waals surface area contributed by atoms with Gasteiger partial charge in [-0.15, -0.1) is 0 Å². The van der Waals surface area contributed by atoms with Gasteiger partial charge in [-0.25, -0.2) is 4.39 Å². The molecular weight excluding hydrogens is 223 g/mol. The SMILES string of the molecule is CCCCC#C/C(Cl)=C(\F)c1ccccc1. The molecule has 0 N–H and O–H groups in total. The molecule has 16 heavy (non-hydrogen) atoms. The molecule has 0 aromatic heterocycles. The zero-order valence-corrected chi connectivity index (χ0v) is 10.0. The smallest absolute Gasteiger partial charge is 0.157 e. The lowest BCUT2D eigenvalue weighted by molar-refractivity contribution is 0.759. The maximum Gasteiger partial charge on any atom is 0.157 e. The van der Waals surface area contributed by atoms with Crippen molar-refractivity contribution in [1.29, 1.82) is 0 Å². The molecule has 1 rings (SSSR count). The first-order valence-electron chi connectivity index (χ1n) is 5.35. The van der Waals surface area contributed by atoms with Gasteiger partial charge in [0, 0.05) is 12.0 Å². The highest BCUT2D eigenvalue weighted by atomic mass is 35.5. The highest BCUT2D eigenvalue weighted by Crippen LogP contribution is 2.21. The Hall–Kier alpha value is -1.26. The fourth-order valence-electron chi connectivity index (χ4n) is 1.17. The molecule has 0 aliphatic rings. The first-order chi connectivity index (χ1) is 7.75. The number of rotatable bonds is 3. The van der Waals surface area contributed by atoms with E-state index in [1.807, 2.05) is 6.07 Å². The zero-order chi connectivity index (χ0) is 11.8. The number of unbranched alkanes of at least 4 members (excludes halogenated alkanes) is 2. The molecule has 0 atom stereocenters. The molecule has 0 unspecified atom stereocenters. The van der Waals surface area contributed by atoms with Crippen molar-refractivity contribution in [2.75, 3.05) is 0 Å². The van der Waals surface area contributed by atoms with Gasteiger partial charge in [0.15, 0.2) is 5.83 Å². The summed E-state index contributed by atoms with van der Waals surface area (Å²) in [6.07, 6.45) is 2.86. The molecule has 84 valence electrons. The van der Waals surface area contributed by atoms with Crippen molar-refractivity contribution < 1.29 is 4.39 Å². The highest BCUT2D eigenvalue weighted by molar-refractivity contribution is 6.34. The third kappa shape index (κ3) is 4.08. The van der Waals surface area contributed by atoms with E-state index >= 15 is 0 Å². The lowest BCUT2D eigenvalue weighted by Crippen LogP contribution is -1.79. The minimum absolute atomic E-state index is 0.0118. The Balaban J connectivity index is 2.75. The Bertz CT molecular complexity index is 409. The average molecular weight is 237 g/mol. The van der Waals surface area contributed by atoms with Crippen LogP contribution in [0.4, 0.5) is 4.39 Å². The summed E-state index contributed by atoms with van der Waals surface area (Å²) in [5, 5.41) is -0.0118. The summed E-state index contributed by atoms with van der Waals surface area (Å²) in [4.78, 5) is 0. The molecule has 0 heterocycles. The first-order valence-corrected chi connectivity index (χ1v) is 5.73. The normalized spacial score (nSPS) is 11.4. The second-order valence-electron chi connectivity index (χ2n) is 3.40. The monoisotopic (exact) mass is 236 g/mol. The van der Waals surface area contributed by atoms with Crippen molar-refractivity contribution in [2.45, 2.75) is 26.2 Å². The van der Waals surface area contributed by atoms with Gasteiger partial charge < -0.3 is 0 Å². The van der Waals surface area contributed by atoms with Gasteiger partial charge in [-0.3, -0.25) is 0 Å². The zero-order valence-electron chi connectivity index (χ0n) is 9.26. The van der Waals surface area contributed by atoms with Crippen molar-refractivity contribution in [3.8, 4) is 11.8 Å². The van der Waals surface area contributed by atoms with Crippen LogP contribution in [0.1, 0.15) is 31.7 Å². The molecule has 0 radical (unpaired) electrons. The molecule has 0 spiro atoms. The summed E-state index contributed by atoms with van der Waals surface area (Å²) >= 11 is 5.78. The number of allylic oxidation sites excluding steroid dienone is 1. The van der Waals surface area contributed by atoms with Crippen molar-refractivity contribution in [3.63, 3.8) is 0 Å². The molecule has 0 saturated carbocycles. The van der Waals surface area contributed by atoms with E-state index in [-0.39, 0.29) is 5.03 Å². The van der Waals surface area contributed by atoms with Crippen LogP contribution in [0.15, 0.2) is 35.4 Å².